The zero-order chi connectivity index (χ0) is 31.4. The van der Waals surface area contributed by atoms with E-state index in [-0.39, 0.29) is 36.5 Å². The molecule has 1 atom stereocenters. The fraction of sp³-hybridized carbons (Fsp3) is 0.300. The normalized spacial score (nSPS) is 15.8. The molecule has 2 N–H and O–H groups in total. The third-order valence-electron chi connectivity index (χ3n) is 7.18. The number of likely N-dealkylation sites (tertiary alicyclic amines) is 1. The summed E-state index contributed by atoms with van der Waals surface area (Å²) in [7, 11) is 0. The van der Waals surface area contributed by atoms with E-state index < -0.39 is 59.7 Å². The number of benzene rings is 3. The van der Waals surface area contributed by atoms with Crippen molar-refractivity contribution in [2.24, 2.45) is 0 Å². The van der Waals surface area contributed by atoms with Gasteiger partial charge in [-0.2, -0.15) is 18.4 Å². The molecule has 1 heterocycles. The number of carbonyl (C=O) groups excluding carboxylic acids is 2. The van der Waals surface area contributed by atoms with Crippen LogP contribution in [0, 0.1) is 23.0 Å². The second-order valence-electron chi connectivity index (χ2n) is 10.2. The van der Waals surface area contributed by atoms with Gasteiger partial charge in [0.25, 0.3) is 5.91 Å². The van der Waals surface area contributed by atoms with Crippen LogP contribution in [-0.2, 0) is 11.2 Å². The molecule has 43 heavy (non-hydrogen) atoms. The van der Waals surface area contributed by atoms with Crippen LogP contribution in [0.4, 0.5) is 22.0 Å². The molecule has 1 fully saturated rings. The Balaban J connectivity index is 1.57. The summed E-state index contributed by atoms with van der Waals surface area (Å²) < 4.78 is 67.6. The monoisotopic (exact) mass is 638 g/mol. The standard InChI is InChI=1S/C30H25Cl2F5N4O2/c31-22-5-2-1-4-19(22)18-8-9-20(23(32)14-18)27(42)39-26(15-21-24(33)6-3-7-25(21)34)28(43)40-29(16-38)10-12-41(13-11-29)17-30(35,36)37/h1-9,14,26H,10-13,15,17H2,(H,39,42)(H,40,43)/t26-/m0/s1. The molecule has 0 bridgehead atoms. The number of amides is 2. The molecule has 6 nitrogen and oxygen atoms in total. The number of hydrogen-bond acceptors (Lipinski definition) is 4. The van der Waals surface area contributed by atoms with Crippen LogP contribution >= 0.6 is 23.2 Å². The molecule has 0 aliphatic carbocycles. The van der Waals surface area contributed by atoms with Crippen molar-refractivity contribution >= 4 is 35.0 Å². The Hall–Kier alpha value is -3.72. The van der Waals surface area contributed by atoms with Crippen molar-refractivity contribution in [1.29, 1.82) is 5.26 Å². The second-order valence-corrected chi connectivity index (χ2v) is 11.0. The first-order valence-corrected chi connectivity index (χ1v) is 13.9. The predicted octanol–water partition coefficient (Wildman–Crippen LogP) is 6.32. The maximum absolute atomic E-state index is 14.5. The summed E-state index contributed by atoms with van der Waals surface area (Å²) in [5.41, 5.74) is -0.797. The number of alkyl halides is 3. The van der Waals surface area contributed by atoms with Crippen molar-refractivity contribution in [2.75, 3.05) is 19.6 Å². The summed E-state index contributed by atoms with van der Waals surface area (Å²) in [5.74, 6) is -3.68. The molecule has 1 aliphatic heterocycles. The highest BCUT2D eigenvalue weighted by Crippen LogP contribution is 2.31. The van der Waals surface area contributed by atoms with Crippen molar-refractivity contribution < 1.29 is 31.5 Å². The number of hydrogen-bond donors (Lipinski definition) is 2. The van der Waals surface area contributed by atoms with Crippen LogP contribution in [0.5, 0.6) is 0 Å². The molecular formula is C30H25Cl2F5N4O2. The van der Waals surface area contributed by atoms with E-state index in [0.29, 0.717) is 16.1 Å². The van der Waals surface area contributed by atoms with Crippen molar-refractivity contribution in [1.82, 2.24) is 15.5 Å². The molecule has 226 valence electrons. The van der Waals surface area contributed by atoms with Crippen LogP contribution in [-0.4, -0.2) is 54.1 Å². The third kappa shape index (κ3) is 8.02. The number of nitrogens with one attached hydrogen (secondary N) is 2. The molecule has 3 aromatic rings. The van der Waals surface area contributed by atoms with E-state index in [1.165, 1.54) is 12.1 Å². The smallest absolute Gasteiger partial charge is 0.340 e. The topological polar surface area (TPSA) is 85.2 Å². The highest BCUT2D eigenvalue weighted by Gasteiger charge is 2.41. The minimum absolute atomic E-state index is 0.0108. The number of carbonyl (C=O) groups is 2. The summed E-state index contributed by atoms with van der Waals surface area (Å²) in [6.45, 7) is -1.41. The third-order valence-corrected chi connectivity index (χ3v) is 7.82. The average Bonchev–Trinajstić information content (AvgIpc) is 2.95. The Morgan fingerprint density at radius 2 is 1.63 bits per heavy atom. The summed E-state index contributed by atoms with van der Waals surface area (Å²) in [4.78, 5) is 27.9. The first-order chi connectivity index (χ1) is 20.3. The lowest BCUT2D eigenvalue weighted by Gasteiger charge is -2.38. The summed E-state index contributed by atoms with van der Waals surface area (Å²) in [5, 5.41) is 15.3. The maximum atomic E-state index is 14.5. The van der Waals surface area contributed by atoms with Gasteiger partial charge in [0.15, 0.2) is 0 Å². The van der Waals surface area contributed by atoms with Gasteiger partial charge in [-0.15, -0.1) is 0 Å². The Labute approximate surface area is 254 Å². The Bertz CT molecular complexity index is 1530. The van der Waals surface area contributed by atoms with E-state index in [0.717, 1.165) is 23.1 Å². The molecule has 0 saturated carbocycles. The van der Waals surface area contributed by atoms with Crippen LogP contribution in [0.25, 0.3) is 11.1 Å². The zero-order valence-corrected chi connectivity index (χ0v) is 24.0. The van der Waals surface area contributed by atoms with Gasteiger partial charge in [0.2, 0.25) is 5.91 Å². The van der Waals surface area contributed by atoms with E-state index in [2.05, 4.69) is 10.6 Å². The van der Waals surface area contributed by atoms with Crippen molar-refractivity contribution in [3.63, 3.8) is 0 Å². The number of nitriles is 1. The SMILES string of the molecule is N#CC1(NC(=O)[C@H](Cc2c(F)cccc2F)NC(=O)c2ccc(-c3ccccc3Cl)cc2Cl)CCN(CC(F)(F)F)CC1. The van der Waals surface area contributed by atoms with Gasteiger partial charge in [0.05, 0.1) is 23.2 Å². The van der Waals surface area contributed by atoms with Crippen molar-refractivity contribution in [3.8, 4) is 17.2 Å². The minimum atomic E-state index is -4.43. The molecule has 0 unspecified atom stereocenters. The molecule has 1 saturated heterocycles. The lowest BCUT2D eigenvalue weighted by molar-refractivity contribution is -0.149. The summed E-state index contributed by atoms with van der Waals surface area (Å²) >= 11 is 12.7. The van der Waals surface area contributed by atoms with Gasteiger partial charge >= 0.3 is 6.18 Å². The molecule has 0 radical (unpaired) electrons. The van der Waals surface area contributed by atoms with E-state index in [4.69, 9.17) is 23.2 Å². The van der Waals surface area contributed by atoms with Gasteiger partial charge in [0.1, 0.15) is 23.2 Å². The quantitative estimate of drug-likeness (QED) is 0.283. The van der Waals surface area contributed by atoms with Gasteiger partial charge in [-0.1, -0.05) is 53.5 Å². The zero-order valence-electron chi connectivity index (χ0n) is 22.5. The number of piperidine rings is 1. The molecule has 4 rings (SSSR count). The molecule has 13 heteroatoms. The highest BCUT2D eigenvalue weighted by atomic mass is 35.5. The molecule has 2 amide bonds. The lowest BCUT2D eigenvalue weighted by atomic mass is 9.88. The van der Waals surface area contributed by atoms with E-state index in [1.807, 2.05) is 6.07 Å². The Kier molecular flexibility index (Phi) is 9.95. The van der Waals surface area contributed by atoms with Crippen molar-refractivity contribution in [3.05, 3.63) is 93.5 Å². The minimum Gasteiger partial charge on any atom is -0.340 e. The van der Waals surface area contributed by atoms with Gasteiger partial charge in [-0.3, -0.25) is 14.5 Å². The van der Waals surface area contributed by atoms with E-state index in [9.17, 15) is 36.8 Å². The number of nitrogens with zero attached hydrogens (tertiary/aromatic N) is 2. The van der Waals surface area contributed by atoms with Gasteiger partial charge in [0, 0.05) is 35.7 Å². The Morgan fingerprint density at radius 3 is 2.21 bits per heavy atom. The van der Waals surface area contributed by atoms with Crippen LogP contribution in [0.2, 0.25) is 10.0 Å². The average molecular weight is 639 g/mol. The first kappa shape index (κ1) is 32.2. The number of halogens is 7. The van der Waals surface area contributed by atoms with Crippen LogP contribution in [0.3, 0.4) is 0 Å². The van der Waals surface area contributed by atoms with Gasteiger partial charge in [-0.05, 0) is 48.7 Å². The Morgan fingerprint density at radius 1 is 0.977 bits per heavy atom. The van der Waals surface area contributed by atoms with Crippen LogP contribution < -0.4 is 10.6 Å². The lowest BCUT2D eigenvalue weighted by Crippen LogP contribution is -2.59. The summed E-state index contributed by atoms with van der Waals surface area (Å²) in [6.07, 6.45) is -5.31. The molecule has 0 aromatic heterocycles. The fourth-order valence-electron chi connectivity index (χ4n) is 4.87. The van der Waals surface area contributed by atoms with E-state index in [1.54, 1.807) is 30.3 Å². The van der Waals surface area contributed by atoms with Crippen LogP contribution in [0.1, 0.15) is 28.8 Å². The molecular weight excluding hydrogens is 614 g/mol. The van der Waals surface area contributed by atoms with Gasteiger partial charge in [-0.25, -0.2) is 8.78 Å². The summed E-state index contributed by atoms with van der Waals surface area (Å²) in [6, 6.07) is 15.0. The molecule has 3 aromatic carbocycles. The van der Waals surface area contributed by atoms with Crippen LogP contribution in [0.15, 0.2) is 60.7 Å². The molecule has 1 aliphatic rings. The second kappa shape index (κ2) is 13.3. The number of rotatable bonds is 8. The van der Waals surface area contributed by atoms with Crippen molar-refractivity contribution in [2.45, 2.75) is 37.0 Å². The largest absolute Gasteiger partial charge is 0.401 e. The molecule has 0 spiro atoms. The first-order valence-electron chi connectivity index (χ1n) is 13.1. The fourth-order valence-corrected chi connectivity index (χ4v) is 5.38. The predicted molar refractivity (Wildman–Crippen MR) is 151 cm³/mol. The highest BCUT2D eigenvalue weighted by molar-refractivity contribution is 6.35. The van der Waals surface area contributed by atoms with E-state index >= 15 is 0 Å². The van der Waals surface area contributed by atoms with Gasteiger partial charge < -0.3 is 10.6 Å². The maximum Gasteiger partial charge on any atom is 0.401 e.